The maximum Gasteiger partial charge on any atom is 0.211 e. The van der Waals surface area contributed by atoms with E-state index < -0.39 is 10.0 Å². The fourth-order valence-corrected chi connectivity index (χ4v) is 3.51. The lowest BCUT2D eigenvalue weighted by Gasteiger charge is -2.06. The highest BCUT2D eigenvalue weighted by molar-refractivity contribution is 7.89. The van der Waals surface area contributed by atoms with Crippen molar-refractivity contribution < 1.29 is 8.42 Å². The summed E-state index contributed by atoms with van der Waals surface area (Å²) < 4.78 is 27.8. The third-order valence-electron chi connectivity index (χ3n) is 3.48. The van der Waals surface area contributed by atoms with Gasteiger partial charge in [-0.05, 0) is 44.4 Å². The minimum absolute atomic E-state index is 0.165. The number of hydrogen-bond donors (Lipinski definition) is 1. The zero-order valence-corrected chi connectivity index (χ0v) is 14.0. The van der Waals surface area contributed by atoms with Crippen molar-refractivity contribution in [1.82, 2.24) is 19.5 Å². The summed E-state index contributed by atoms with van der Waals surface area (Å²) in [7, 11) is -3.16. The molecule has 22 heavy (non-hydrogen) atoms. The van der Waals surface area contributed by atoms with Crippen LogP contribution >= 0.6 is 0 Å². The first kappa shape index (κ1) is 16.6. The summed E-state index contributed by atoms with van der Waals surface area (Å²) in [6.45, 7) is 6.15. The molecular formula is C15H22N4O2S. The number of aromatic nitrogens is 3. The summed E-state index contributed by atoms with van der Waals surface area (Å²) in [4.78, 5) is 4.30. The summed E-state index contributed by atoms with van der Waals surface area (Å²) in [6.07, 6.45) is 2.96. The zero-order chi connectivity index (χ0) is 16.2. The van der Waals surface area contributed by atoms with Crippen LogP contribution in [0.5, 0.6) is 0 Å². The Morgan fingerprint density at radius 1 is 1.27 bits per heavy atom. The molecule has 120 valence electrons. The molecule has 0 bridgehead atoms. The Morgan fingerprint density at radius 3 is 2.68 bits per heavy atom. The Labute approximate surface area is 131 Å². The van der Waals surface area contributed by atoms with Gasteiger partial charge in [-0.15, -0.1) is 0 Å². The van der Waals surface area contributed by atoms with E-state index in [0.717, 1.165) is 22.8 Å². The molecule has 2 aromatic rings. The third kappa shape index (κ3) is 3.92. The van der Waals surface area contributed by atoms with Crippen LogP contribution in [-0.4, -0.2) is 35.5 Å². The predicted octanol–water partition coefficient (Wildman–Crippen LogP) is 1.76. The van der Waals surface area contributed by atoms with Gasteiger partial charge in [0.25, 0.3) is 0 Å². The number of pyridine rings is 1. The average molecular weight is 322 g/mol. The molecule has 0 aliphatic rings. The molecule has 0 fully saturated rings. The highest BCUT2D eigenvalue weighted by atomic mass is 32.2. The minimum Gasteiger partial charge on any atom is -0.237 e. The van der Waals surface area contributed by atoms with Crippen molar-refractivity contribution in [3.8, 4) is 5.82 Å². The van der Waals surface area contributed by atoms with Crippen molar-refractivity contribution >= 4 is 10.0 Å². The van der Waals surface area contributed by atoms with Crippen LogP contribution in [0, 0.1) is 13.8 Å². The normalized spacial score (nSPS) is 11.8. The first-order valence-corrected chi connectivity index (χ1v) is 9.03. The Balaban J connectivity index is 2.12. The van der Waals surface area contributed by atoms with Gasteiger partial charge in [0, 0.05) is 18.4 Å². The standard InChI is InChI=1S/C15H22N4O2S/c1-4-11-22(20,21)17-10-8-14-12(2)18-19(13(14)3)15-7-5-6-9-16-15/h5-7,9,17H,4,8,10-11H2,1-3H3. The molecule has 2 heterocycles. The smallest absolute Gasteiger partial charge is 0.211 e. The van der Waals surface area contributed by atoms with Gasteiger partial charge in [0.05, 0.1) is 11.4 Å². The van der Waals surface area contributed by atoms with Gasteiger partial charge in [-0.2, -0.15) is 5.10 Å². The molecule has 0 aliphatic carbocycles. The van der Waals surface area contributed by atoms with Crippen LogP contribution in [0.1, 0.15) is 30.3 Å². The Bertz CT molecular complexity index is 724. The molecule has 6 nitrogen and oxygen atoms in total. The molecular weight excluding hydrogens is 300 g/mol. The summed E-state index contributed by atoms with van der Waals surface area (Å²) >= 11 is 0. The van der Waals surface area contributed by atoms with Crippen LogP contribution in [0.15, 0.2) is 24.4 Å². The van der Waals surface area contributed by atoms with Crippen molar-refractivity contribution in [3.05, 3.63) is 41.3 Å². The number of nitrogens with one attached hydrogen (secondary N) is 1. The van der Waals surface area contributed by atoms with Gasteiger partial charge in [-0.3, -0.25) is 0 Å². The predicted molar refractivity (Wildman–Crippen MR) is 86.6 cm³/mol. The van der Waals surface area contributed by atoms with Crippen LogP contribution < -0.4 is 4.72 Å². The number of rotatable bonds is 7. The topological polar surface area (TPSA) is 76.9 Å². The number of nitrogens with zero attached hydrogens (tertiary/aromatic N) is 3. The van der Waals surface area contributed by atoms with E-state index in [9.17, 15) is 8.42 Å². The van der Waals surface area contributed by atoms with Crippen molar-refractivity contribution in [1.29, 1.82) is 0 Å². The van der Waals surface area contributed by atoms with E-state index >= 15 is 0 Å². The van der Waals surface area contributed by atoms with Gasteiger partial charge in [0.1, 0.15) is 0 Å². The van der Waals surface area contributed by atoms with E-state index in [4.69, 9.17) is 0 Å². The quantitative estimate of drug-likeness (QED) is 0.842. The summed E-state index contributed by atoms with van der Waals surface area (Å²) in [5.41, 5.74) is 2.95. The first-order valence-electron chi connectivity index (χ1n) is 7.38. The lowest BCUT2D eigenvalue weighted by atomic mass is 10.1. The average Bonchev–Trinajstić information content (AvgIpc) is 2.76. The van der Waals surface area contributed by atoms with Crippen LogP contribution in [0.25, 0.3) is 5.82 Å². The molecule has 0 aliphatic heterocycles. The Hall–Kier alpha value is -1.73. The monoisotopic (exact) mass is 322 g/mol. The third-order valence-corrected chi connectivity index (χ3v) is 5.07. The molecule has 0 atom stereocenters. The van der Waals surface area contributed by atoms with Gasteiger partial charge in [-0.1, -0.05) is 13.0 Å². The maximum atomic E-state index is 11.7. The van der Waals surface area contributed by atoms with Crippen molar-refractivity contribution in [2.24, 2.45) is 0 Å². The number of sulfonamides is 1. The van der Waals surface area contributed by atoms with Crippen molar-refractivity contribution in [2.45, 2.75) is 33.6 Å². The SMILES string of the molecule is CCCS(=O)(=O)NCCc1c(C)nn(-c2ccccn2)c1C. The number of aryl methyl sites for hydroxylation is 1. The minimum atomic E-state index is -3.16. The molecule has 0 saturated heterocycles. The zero-order valence-electron chi connectivity index (χ0n) is 13.2. The van der Waals surface area contributed by atoms with Crippen LogP contribution in [0.2, 0.25) is 0 Å². The largest absolute Gasteiger partial charge is 0.237 e. The van der Waals surface area contributed by atoms with E-state index in [2.05, 4.69) is 14.8 Å². The van der Waals surface area contributed by atoms with Gasteiger partial charge in [0.15, 0.2) is 5.82 Å². The van der Waals surface area contributed by atoms with E-state index in [1.165, 1.54) is 0 Å². The van der Waals surface area contributed by atoms with Crippen LogP contribution in [0.4, 0.5) is 0 Å². The van der Waals surface area contributed by atoms with Crippen LogP contribution in [0.3, 0.4) is 0 Å². The molecule has 0 saturated carbocycles. The van der Waals surface area contributed by atoms with Crippen molar-refractivity contribution in [3.63, 3.8) is 0 Å². The van der Waals surface area contributed by atoms with E-state index in [-0.39, 0.29) is 5.75 Å². The molecule has 0 radical (unpaired) electrons. The molecule has 0 unspecified atom stereocenters. The molecule has 2 rings (SSSR count). The lowest BCUT2D eigenvalue weighted by Crippen LogP contribution is -2.28. The van der Waals surface area contributed by atoms with E-state index in [1.54, 1.807) is 10.9 Å². The lowest BCUT2D eigenvalue weighted by molar-refractivity contribution is 0.580. The maximum absolute atomic E-state index is 11.7. The van der Waals surface area contributed by atoms with Gasteiger partial charge >= 0.3 is 0 Å². The molecule has 2 aromatic heterocycles. The van der Waals surface area contributed by atoms with E-state index in [1.807, 2.05) is 39.0 Å². The fraction of sp³-hybridized carbons (Fsp3) is 0.467. The van der Waals surface area contributed by atoms with Crippen LogP contribution in [-0.2, 0) is 16.4 Å². The highest BCUT2D eigenvalue weighted by Gasteiger charge is 2.14. The summed E-state index contributed by atoms with van der Waals surface area (Å²) in [5, 5.41) is 4.51. The van der Waals surface area contributed by atoms with Gasteiger partial charge in [-0.25, -0.2) is 22.8 Å². The number of hydrogen-bond acceptors (Lipinski definition) is 4. The van der Waals surface area contributed by atoms with E-state index in [0.29, 0.717) is 19.4 Å². The van der Waals surface area contributed by atoms with Crippen molar-refractivity contribution in [2.75, 3.05) is 12.3 Å². The molecule has 1 N–H and O–H groups in total. The molecule has 0 aromatic carbocycles. The van der Waals surface area contributed by atoms with Gasteiger partial charge < -0.3 is 0 Å². The van der Waals surface area contributed by atoms with Gasteiger partial charge in [0.2, 0.25) is 10.0 Å². The summed E-state index contributed by atoms with van der Waals surface area (Å²) in [6, 6.07) is 5.67. The molecule has 0 amide bonds. The second kappa shape index (κ2) is 7.02. The summed E-state index contributed by atoms with van der Waals surface area (Å²) in [5.74, 6) is 0.930. The first-order chi connectivity index (χ1) is 10.4. The second-order valence-electron chi connectivity index (χ2n) is 5.21. The Morgan fingerprint density at radius 2 is 2.05 bits per heavy atom. The Kier molecular flexibility index (Phi) is 5.31. The highest BCUT2D eigenvalue weighted by Crippen LogP contribution is 2.16. The second-order valence-corrected chi connectivity index (χ2v) is 7.14. The molecule has 7 heteroatoms. The fourth-order valence-electron chi connectivity index (χ4n) is 2.41. The molecule has 0 spiro atoms.